The lowest BCUT2D eigenvalue weighted by atomic mass is 10.1. The number of anilines is 1. The molecule has 0 spiro atoms. The van der Waals surface area contributed by atoms with Crippen molar-refractivity contribution in [3.63, 3.8) is 0 Å². The molecular formula is C20H20N4O2. The van der Waals surface area contributed by atoms with E-state index in [9.17, 15) is 9.59 Å². The summed E-state index contributed by atoms with van der Waals surface area (Å²) in [7, 11) is 0. The van der Waals surface area contributed by atoms with Gasteiger partial charge in [0.15, 0.2) is 0 Å². The zero-order chi connectivity index (χ0) is 18.7. The van der Waals surface area contributed by atoms with Crippen LogP contribution in [0.4, 0.5) is 5.69 Å². The zero-order valence-corrected chi connectivity index (χ0v) is 14.9. The molecule has 0 fully saturated rings. The Kier molecular flexibility index (Phi) is 4.67. The number of aromatic nitrogens is 2. The smallest absolute Gasteiger partial charge is 0.270 e. The van der Waals surface area contributed by atoms with Crippen LogP contribution in [-0.4, -0.2) is 27.3 Å². The minimum atomic E-state index is -0.383. The lowest BCUT2D eigenvalue weighted by Crippen LogP contribution is -2.41. The van der Waals surface area contributed by atoms with Gasteiger partial charge in [-0.3, -0.25) is 19.6 Å². The summed E-state index contributed by atoms with van der Waals surface area (Å²) < 4.78 is 0. The van der Waals surface area contributed by atoms with Crippen LogP contribution in [0.1, 0.15) is 41.6 Å². The van der Waals surface area contributed by atoms with Gasteiger partial charge in [-0.1, -0.05) is 18.2 Å². The summed E-state index contributed by atoms with van der Waals surface area (Å²) in [5, 5.41) is 6.62. The SMILES string of the molecule is CC(C)(C)NC(=O)c1cc(C(=O)Nc2cccc3cccnc23)ccn1. The molecule has 0 atom stereocenters. The Labute approximate surface area is 151 Å². The van der Waals surface area contributed by atoms with Crippen LogP contribution in [0.2, 0.25) is 0 Å². The van der Waals surface area contributed by atoms with E-state index in [2.05, 4.69) is 20.6 Å². The van der Waals surface area contributed by atoms with Gasteiger partial charge in [0, 0.05) is 28.9 Å². The van der Waals surface area contributed by atoms with Crippen molar-refractivity contribution in [2.75, 3.05) is 5.32 Å². The predicted molar refractivity (Wildman–Crippen MR) is 101 cm³/mol. The molecule has 2 N–H and O–H groups in total. The van der Waals surface area contributed by atoms with Gasteiger partial charge in [0.25, 0.3) is 11.8 Å². The van der Waals surface area contributed by atoms with Crippen molar-refractivity contribution in [3.05, 3.63) is 66.1 Å². The van der Waals surface area contributed by atoms with Crippen LogP contribution in [0.15, 0.2) is 54.9 Å². The lowest BCUT2D eigenvalue weighted by Gasteiger charge is -2.20. The topological polar surface area (TPSA) is 84.0 Å². The van der Waals surface area contributed by atoms with E-state index in [0.29, 0.717) is 16.8 Å². The Morgan fingerprint density at radius 3 is 2.46 bits per heavy atom. The maximum atomic E-state index is 12.6. The standard InChI is InChI=1S/C20H20N4O2/c1-20(2,3)24-19(26)16-12-14(9-11-21-16)18(25)23-15-8-4-6-13-7-5-10-22-17(13)15/h4-12H,1-3H3,(H,23,25)(H,24,26). The zero-order valence-electron chi connectivity index (χ0n) is 14.9. The van der Waals surface area contributed by atoms with Crippen molar-refractivity contribution in [2.24, 2.45) is 0 Å². The van der Waals surface area contributed by atoms with E-state index in [-0.39, 0.29) is 23.0 Å². The third kappa shape index (κ3) is 4.03. The number of carbonyl (C=O) groups excluding carboxylic acids is 2. The number of nitrogens with zero attached hydrogens (tertiary/aromatic N) is 2. The number of carbonyl (C=O) groups is 2. The van der Waals surface area contributed by atoms with Crippen molar-refractivity contribution in [1.29, 1.82) is 0 Å². The van der Waals surface area contributed by atoms with E-state index < -0.39 is 0 Å². The summed E-state index contributed by atoms with van der Waals surface area (Å²) in [5.74, 6) is -0.644. The Morgan fingerprint density at radius 1 is 0.923 bits per heavy atom. The third-order valence-corrected chi connectivity index (χ3v) is 3.62. The van der Waals surface area contributed by atoms with Crippen molar-refractivity contribution in [2.45, 2.75) is 26.3 Å². The number of pyridine rings is 2. The van der Waals surface area contributed by atoms with E-state index in [0.717, 1.165) is 5.39 Å². The molecular weight excluding hydrogens is 328 g/mol. The molecule has 2 amide bonds. The monoisotopic (exact) mass is 348 g/mol. The van der Waals surface area contributed by atoms with Crippen LogP contribution in [0.3, 0.4) is 0 Å². The highest BCUT2D eigenvalue weighted by atomic mass is 16.2. The Hall–Kier alpha value is -3.28. The quantitative estimate of drug-likeness (QED) is 0.760. The second-order valence-corrected chi connectivity index (χ2v) is 6.97. The molecule has 3 rings (SSSR count). The van der Waals surface area contributed by atoms with E-state index >= 15 is 0 Å². The Balaban J connectivity index is 1.84. The maximum absolute atomic E-state index is 12.6. The molecule has 0 saturated heterocycles. The average molecular weight is 348 g/mol. The fourth-order valence-electron chi connectivity index (χ4n) is 2.50. The van der Waals surface area contributed by atoms with Crippen molar-refractivity contribution < 1.29 is 9.59 Å². The average Bonchev–Trinajstić information content (AvgIpc) is 2.61. The lowest BCUT2D eigenvalue weighted by molar-refractivity contribution is 0.0914. The predicted octanol–water partition coefficient (Wildman–Crippen LogP) is 3.41. The summed E-state index contributed by atoms with van der Waals surface area (Å²) >= 11 is 0. The number of benzene rings is 1. The van der Waals surface area contributed by atoms with Gasteiger partial charge in [-0.05, 0) is 45.0 Å². The molecule has 2 heterocycles. The molecule has 26 heavy (non-hydrogen) atoms. The van der Waals surface area contributed by atoms with Gasteiger partial charge in [0.1, 0.15) is 5.69 Å². The van der Waals surface area contributed by atoms with Gasteiger partial charge in [-0.25, -0.2) is 0 Å². The number of hydrogen-bond acceptors (Lipinski definition) is 4. The van der Waals surface area contributed by atoms with Crippen molar-refractivity contribution in [1.82, 2.24) is 15.3 Å². The maximum Gasteiger partial charge on any atom is 0.270 e. The van der Waals surface area contributed by atoms with Crippen LogP contribution in [0, 0.1) is 0 Å². The first-order valence-corrected chi connectivity index (χ1v) is 8.27. The largest absolute Gasteiger partial charge is 0.346 e. The first-order valence-electron chi connectivity index (χ1n) is 8.27. The van der Waals surface area contributed by atoms with Crippen LogP contribution < -0.4 is 10.6 Å². The second-order valence-electron chi connectivity index (χ2n) is 6.97. The number of para-hydroxylation sites is 1. The van der Waals surface area contributed by atoms with Crippen LogP contribution in [-0.2, 0) is 0 Å². The normalized spacial score (nSPS) is 11.2. The molecule has 0 unspecified atom stereocenters. The molecule has 1 aromatic carbocycles. The molecule has 6 nitrogen and oxygen atoms in total. The first kappa shape index (κ1) is 17.5. The number of rotatable bonds is 3. The summed E-state index contributed by atoms with van der Waals surface area (Å²) in [6.07, 6.45) is 3.13. The van der Waals surface area contributed by atoms with Crippen LogP contribution >= 0.6 is 0 Å². The van der Waals surface area contributed by atoms with Gasteiger partial charge >= 0.3 is 0 Å². The van der Waals surface area contributed by atoms with Gasteiger partial charge in [-0.2, -0.15) is 0 Å². The number of hydrogen-bond donors (Lipinski definition) is 2. The van der Waals surface area contributed by atoms with Gasteiger partial charge < -0.3 is 10.6 Å². The van der Waals surface area contributed by atoms with E-state index in [4.69, 9.17) is 0 Å². The summed E-state index contributed by atoms with van der Waals surface area (Å²) in [4.78, 5) is 33.3. The minimum Gasteiger partial charge on any atom is -0.346 e. The molecule has 0 radical (unpaired) electrons. The van der Waals surface area contributed by atoms with Gasteiger partial charge in [0.05, 0.1) is 11.2 Å². The van der Waals surface area contributed by atoms with Gasteiger partial charge in [0.2, 0.25) is 0 Å². The van der Waals surface area contributed by atoms with E-state index in [1.54, 1.807) is 18.3 Å². The first-order chi connectivity index (χ1) is 12.3. The van der Waals surface area contributed by atoms with Gasteiger partial charge in [-0.15, -0.1) is 0 Å². The molecule has 0 aliphatic rings. The van der Waals surface area contributed by atoms with Crippen LogP contribution in [0.5, 0.6) is 0 Å². The van der Waals surface area contributed by atoms with E-state index in [1.165, 1.54) is 12.3 Å². The summed E-state index contributed by atoms with van der Waals surface area (Å²) in [6.45, 7) is 5.65. The fourth-order valence-corrected chi connectivity index (χ4v) is 2.50. The molecule has 132 valence electrons. The van der Waals surface area contributed by atoms with E-state index in [1.807, 2.05) is 45.0 Å². The van der Waals surface area contributed by atoms with Crippen molar-refractivity contribution >= 4 is 28.4 Å². The highest BCUT2D eigenvalue weighted by Crippen LogP contribution is 2.21. The Morgan fingerprint density at radius 2 is 1.69 bits per heavy atom. The third-order valence-electron chi connectivity index (χ3n) is 3.62. The second kappa shape index (κ2) is 6.92. The molecule has 3 aromatic rings. The highest BCUT2D eigenvalue weighted by Gasteiger charge is 2.18. The Bertz CT molecular complexity index is 971. The highest BCUT2D eigenvalue weighted by molar-refractivity contribution is 6.09. The summed E-state index contributed by atoms with van der Waals surface area (Å²) in [6, 6.07) is 12.4. The molecule has 2 aromatic heterocycles. The molecule has 0 aliphatic heterocycles. The molecule has 0 aliphatic carbocycles. The minimum absolute atomic E-state index is 0.198. The fraction of sp³-hybridized carbons (Fsp3) is 0.200. The number of fused-ring (bicyclic) bond motifs is 1. The summed E-state index contributed by atoms with van der Waals surface area (Å²) in [5.41, 5.74) is 1.50. The van der Waals surface area contributed by atoms with Crippen LogP contribution in [0.25, 0.3) is 10.9 Å². The molecule has 0 saturated carbocycles. The number of nitrogens with one attached hydrogen (secondary N) is 2. The van der Waals surface area contributed by atoms with Crippen molar-refractivity contribution in [3.8, 4) is 0 Å². The molecule has 0 bridgehead atoms. The molecule has 6 heteroatoms. The number of amides is 2.